The SMILES string of the molecule is Cc1nc2cc(-c3c(Br)c(N)nn3C)ccc2n1C. The number of hydrogen-bond donors (Lipinski definition) is 1. The molecule has 0 atom stereocenters. The molecule has 0 saturated heterocycles. The van der Waals surface area contributed by atoms with E-state index in [4.69, 9.17) is 5.73 Å². The summed E-state index contributed by atoms with van der Waals surface area (Å²) < 4.78 is 4.67. The van der Waals surface area contributed by atoms with Crippen LogP contribution in [0.1, 0.15) is 5.82 Å². The van der Waals surface area contributed by atoms with Crippen LogP contribution in [0.4, 0.5) is 5.82 Å². The summed E-state index contributed by atoms with van der Waals surface area (Å²) in [7, 11) is 3.90. The molecule has 6 heteroatoms. The molecule has 2 heterocycles. The van der Waals surface area contributed by atoms with Crippen LogP contribution in [0, 0.1) is 6.92 Å². The molecule has 3 rings (SSSR count). The summed E-state index contributed by atoms with van der Waals surface area (Å²) in [4.78, 5) is 4.55. The van der Waals surface area contributed by atoms with Crippen LogP contribution >= 0.6 is 15.9 Å². The lowest BCUT2D eigenvalue weighted by atomic mass is 10.1. The van der Waals surface area contributed by atoms with E-state index in [0.717, 1.165) is 32.6 Å². The normalized spacial score (nSPS) is 11.4. The predicted octanol–water partition coefficient (Wildman–Crippen LogP) is 2.63. The molecule has 0 fully saturated rings. The molecule has 0 saturated carbocycles. The van der Waals surface area contributed by atoms with Crippen molar-refractivity contribution in [1.29, 1.82) is 0 Å². The Balaban J connectivity index is 2.26. The van der Waals surface area contributed by atoms with Gasteiger partial charge in [-0.2, -0.15) is 5.10 Å². The van der Waals surface area contributed by atoms with E-state index >= 15 is 0 Å². The smallest absolute Gasteiger partial charge is 0.160 e. The van der Waals surface area contributed by atoms with Gasteiger partial charge in [0.25, 0.3) is 0 Å². The average molecular weight is 320 g/mol. The van der Waals surface area contributed by atoms with Crippen molar-refractivity contribution in [2.75, 3.05) is 5.73 Å². The maximum absolute atomic E-state index is 5.82. The summed E-state index contributed by atoms with van der Waals surface area (Å²) in [6.07, 6.45) is 0. The number of halogens is 1. The number of aryl methyl sites for hydroxylation is 3. The van der Waals surface area contributed by atoms with E-state index in [1.54, 1.807) is 4.68 Å². The van der Waals surface area contributed by atoms with Gasteiger partial charge in [-0.25, -0.2) is 4.98 Å². The molecule has 0 aliphatic rings. The first kappa shape index (κ1) is 12.2. The Morgan fingerprint density at radius 2 is 2.00 bits per heavy atom. The van der Waals surface area contributed by atoms with Crippen molar-refractivity contribution < 1.29 is 0 Å². The van der Waals surface area contributed by atoms with Crippen molar-refractivity contribution in [2.24, 2.45) is 14.1 Å². The number of nitrogens with two attached hydrogens (primary N) is 1. The summed E-state index contributed by atoms with van der Waals surface area (Å²) in [5, 5.41) is 4.21. The molecule has 2 aromatic heterocycles. The monoisotopic (exact) mass is 319 g/mol. The molecule has 1 aromatic carbocycles. The summed E-state index contributed by atoms with van der Waals surface area (Å²) >= 11 is 3.49. The summed E-state index contributed by atoms with van der Waals surface area (Å²) in [5.74, 6) is 1.49. The highest BCUT2D eigenvalue weighted by atomic mass is 79.9. The van der Waals surface area contributed by atoms with E-state index in [9.17, 15) is 0 Å². The van der Waals surface area contributed by atoms with Crippen molar-refractivity contribution in [3.63, 3.8) is 0 Å². The molecule has 0 spiro atoms. The van der Waals surface area contributed by atoms with Crippen molar-refractivity contribution in [3.8, 4) is 11.3 Å². The minimum Gasteiger partial charge on any atom is -0.381 e. The van der Waals surface area contributed by atoms with Gasteiger partial charge in [-0.05, 0) is 35.0 Å². The van der Waals surface area contributed by atoms with Crippen LogP contribution in [0.15, 0.2) is 22.7 Å². The van der Waals surface area contributed by atoms with Gasteiger partial charge in [-0.15, -0.1) is 0 Å². The number of anilines is 1. The Labute approximate surface area is 119 Å². The van der Waals surface area contributed by atoms with E-state index in [1.165, 1.54) is 0 Å². The summed E-state index contributed by atoms with van der Waals surface area (Å²) in [5.41, 5.74) is 9.92. The molecular formula is C13H14BrN5. The number of fused-ring (bicyclic) bond motifs is 1. The molecule has 0 bridgehead atoms. The number of hydrogen-bond acceptors (Lipinski definition) is 3. The zero-order valence-corrected chi connectivity index (χ0v) is 12.6. The molecular weight excluding hydrogens is 306 g/mol. The van der Waals surface area contributed by atoms with Crippen LogP contribution in [0.25, 0.3) is 22.3 Å². The van der Waals surface area contributed by atoms with E-state index < -0.39 is 0 Å². The van der Waals surface area contributed by atoms with Gasteiger partial charge in [0.1, 0.15) is 5.82 Å². The average Bonchev–Trinajstić information content (AvgIpc) is 2.78. The van der Waals surface area contributed by atoms with Gasteiger partial charge in [-0.1, -0.05) is 6.07 Å². The van der Waals surface area contributed by atoms with Crippen molar-refractivity contribution >= 4 is 32.8 Å². The first-order valence-corrected chi connectivity index (χ1v) is 6.69. The summed E-state index contributed by atoms with van der Waals surface area (Å²) in [6, 6.07) is 6.19. The quantitative estimate of drug-likeness (QED) is 0.750. The van der Waals surface area contributed by atoms with E-state index in [1.807, 2.05) is 21.0 Å². The fraction of sp³-hybridized carbons (Fsp3) is 0.231. The van der Waals surface area contributed by atoms with Crippen molar-refractivity contribution in [3.05, 3.63) is 28.5 Å². The zero-order valence-electron chi connectivity index (χ0n) is 11.0. The van der Waals surface area contributed by atoms with Crippen LogP contribution in [0.5, 0.6) is 0 Å². The molecule has 98 valence electrons. The number of imidazole rings is 1. The highest BCUT2D eigenvalue weighted by molar-refractivity contribution is 9.10. The van der Waals surface area contributed by atoms with Gasteiger partial charge < -0.3 is 10.3 Å². The van der Waals surface area contributed by atoms with Gasteiger partial charge in [0.2, 0.25) is 0 Å². The highest BCUT2D eigenvalue weighted by Gasteiger charge is 2.14. The lowest BCUT2D eigenvalue weighted by molar-refractivity contribution is 0.780. The number of nitrogen functional groups attached to an aromatic ring is 1. The minimum absolute atomic E-state index is 0.495. The summed E-state index contributed by atoms with van der Waals surface area (Å²) in [6.45, 7) is 2.00. The zero-order chi connectivity index (χ0) is 13.7. The van der Waals surface area contributed by atoms with Crippen LogP contribution in [-0.2, 0) is 14.1 Å². The molecule has 19 heavy (non-hydrogen) atoms. The second kappa shape index (κ2) is 4.09. The number of rotatable bonds is 1. The van der Waals surface area contributed by atoms with Gasteiger partial charge in [0.15, 0.2) is 5.82 Å². The van der Waals surface area contributed by atoms with Gasteiger partial charge in [0.05, 0.1) is 21.2 Å². The Bertz CT molecular complexity index is 784. The maximum Gasteiger partial charge on any atom is 0.160 e. The molecule has 0 aliphatic heterocycles. The Morgan fingerprint density at radius 1 is 1.26 bits per heavy atom. The molecule has 0 unspecified atom stereocenters. The third kappa shape index (κ3) is 1.74. The van der Waals surface area contributed by atoms with Crippen molar-refractivity contribution in [1.82, 2.24) is 19.3 Å². The number of benzene rings is 1. The van der Waals surface area contributed by atoms with Crippen LogP contribution < -0.4 is 5.73 Å². The minimum atomic E-state index is 0.495. The van der Waals surface area contributed by atoms with Gasteiger partial charge in [0, 0.05) is 19.7 Å². The Kier molecular flexibility index (Phi) is 2.63. The first-order valence-electron chi connectivity index (χ1n) is 5.90. The van der Waals surface area contributed by atoms with E-state index in [-0.39, 0.29) is 0 Å². The molecule has 0 amide bonds. The van der Waals surface area contributed by atoms with E-state index in [0.29, 0.717) is 5.82 Å². The van der Waals surface area contributed by atoms with Gasteiger partial charge in [-0.3, -0.25) is 4.68 Å². The van der Waals surface area contributed by atoms with Crippen molar-refractivity contribution in [2.45, 2.75) is 6.92 Å². The van der Waals surface area contributed by atoms with E-state index in [2.05, 4.69) is 48.8 Å². The number of aromatic nitrogens is 4. The third-order valence-electron chi connectivity index (χ3n) is 3.39. The molecule has 0 radical (unpaired) electrons. The Hall–Kier alpha value is -1.82. The highest BCUT2D eigenvalue weighted by Crippen LogP contribution is 2.33. The topological polar surface area (TPSA) is 61.7 Å². The maximum atomic E-state index is 5.82. The molecule has 5 nitrogen and oxygen atoms in total. The second-order valence-electron chi connectivity index (χ2n) is 4.59. The fourth-order valence-corrected chi connectivity index (χ4v) is 2.86. The van der Waals surface area contributed by atoms with Crippen LogP contribution in [0.3, 0.4) is 0 Å². The number of nitrogens with zero attached hydrogens (tertiary/aromatic N) is 4. The largest absolute Gasteiger partial charge is 0.381 e. The first-order chi connectivity index (χ1) is 8.99. The van der Waals surface area contributed by atoms with Crippen LogP contribution in [0.2, 0.25) is 0 Å². The molecule has 0 aliphatic carbocycles. The van der Waals surface area contributed by atoms with Crippen LogP contribution in [-0.4, -0.2) is 19.3 Å². The Morgan fingerprint density at radius 3 is 2.63 bits per heavy atom. The van der Waals surface area contributed by atoms with Gasteiger partial charge >= 0.3 is 0 Å². The second-order valence-corrected chi connectivity index (χ2v) is 5.39. The lowest BCUT2D eigenvalue weighted by Gasteiger charge is -2.03. The molecule has 3 aromatic rings. The lowest BCUT2D eigenvalue weighted by Crippen LogP contribution is -1.94. The third-order valence-corrected chi connectivity index (χ3v) is 4.17. The fourth-order valence-electron chi connectivity index (χ4n) is 2.30. The standard InChI is InChI=1S/C13H14BrN5/c1-7-16-9-6-8(4-5-10(9)18(7)2)12-11(14)13(15)17-19(12)3/h4-6H,1-3H3,(H2,15,17). The molecule has 2 N–H and O–H groups in total. The predicted molar refractivity (Wildman–Crippen MR) is 79.8 cm³/mol.